The van der Waals surface area contributed by atoms with E-state index in [2.05, 4.69) is 41.0 Å². The van der Waals surface area contributed by atoms with E-state index in [1.807, 2.05) is 0 Å². The fourth-order valence-electron chi connectivity index (χ4n) is 2.68. The highest BCUT2D eigenvalue weighted by Gasteiger charge is 2.22. The summed E-state index contributed by atoms with van der Waals surface area (Å²) in [4.78, 5) is 4.89. The molecule has 19 heavy (non-hydrogen) atoms. The highest BCUT2D eigenvalue weighted by molar-refractivity contribution is 5.48. The zero-order chi connectivity index (χ0) is 13.7. The van der Waals surface area contributed by atoms with Crippen molar-refractivity contribution in [2.45, 2.75) is 13.0 Å². The van der Waals surface area contributed by atoms with Crippen LogP contribution in [0.15, 0.2) is 24.3 Å². The lowest BCUT2D eigenvalue weighted by molar-refractivity contribution is 0.0900. The Kier molecular flexibility index (Phi) is 5.19. The summed E-state index contributed by atoms with van der Waals surface area (Å²) in [6, 6.07) is 9.07. The van der Waals surface area contributed by atoms with Crippen LogP contribution in [0.5, 0.6) is 0 Å². The van der Waals surface area contributed by atoms with Crippen LogP contribution in [0.25, 0.3) is 0 Å². The summed E-state index contributed by atoms with van der Waals surface area (Å²) in [5.41, 5.74) is 8.47. The van der Waals surface area contributed by atoms with Gasteiger partial charge in [-0.3, -0.25) is 4.90 Å². The van der Waals surface area contributed by atoms with Gasteiger partial charge in [-0.05, 0) is 24.6 Å². The monoisotopic (exact) mass is 263 g/mol. The third kappa shape index (κ3) is 3.69. The van der Waals surface area contributed by atoms with E-state index in [4.69, 9.17) is 10.5 Å². The molecular formula is C15H25N3O. The molecule has 1 heterocycles. The maximum absolute atomic E-state index is 5.82. The summed E-state index contributed by atoms with van der Waals surface area (Å²) in [6.07, 6.45) is 0. The maximum atomic E-state index is 5.82. The molecule has 4 heteroatoms. The zero-order valence-corrected chi connectivity index (χ0v) is 12.0. The van der Waals surface area contributed by atoms with Crippen LogP contribution in [0.1, 0.15) is 5.56 Å². The lowest BCUT2D eigenvalue weighted by atomic mass is 10.1. The Balaban J connectivity index is 1.91. The number of hydrogen-bond acceptors (Lipinski definition) is 4. The lowest BCUT2D eigenvalue weighted by Crippen LogP contribution is -2.53. The Labute approximate surface area is 116 Å². The van der Waals surface area contributed by atoms with Gasteiger partial charge in [0.25, 0.3) is 0 Å². The van der Waals surface area contributed by atoms with Crippen LogP contribution < -0.4 is 10.6 Å². The van der Waals surface area contributed by atoms with Crippen molar-refractivity contribution < 1.29 is 4.74 Å². The average Bonchev–Trinajstić information content (AvgIpc) is 2.45. The fraction of sp³-hybridized carbons (Fsp3) is 0.600. The van der Waals surface area contributed by atoms with Crippen LogP contribution in [-0.4, -0.2) is 57.4 Å². The molecule has 1 saturated heterocycles. The van der Waals surface area contributed by atoms with Crippen molar-refractivity contribution in [3.8, 4) is 0 Å². The molecule has 0 radical (unpaired) electrons. The van der Waals surface area contributed by atoms with Gasteiger partial charge in [-0.1, -0.05) is 12.1 Å². The molecule has 0 spiro atoms. The van der Waals surface area contributed by atoms with Crippen molar-refractivity contribution in [3.05, 3.63) is 29.8 Å². The van der Waals surface area contributed by atoms with Gasteiger partial charge >= 0.3 is 0 Å². The van der Waals surface area contributed by atoms with Gasteiger partial charge in [-0.15, -0.1) is 0 Å². The predicted molar refractivity (Wildman–Crippen MR) is 79.7 cm³/mol. The van der Waals surface area contributed by atoms with E-state index >= 15 is 0 Å². The summed E-state index contributed by atoms with van der Waals surface area (Å²) >= 11 is 0. The minimum Gasteiger partial charge on any atom is -0.383 e. The van der Waals surface area contributed by atoms with Crippen molar-refractivity contribution in [1.82, 2.24) is 4.90 Å². The van der Waals surface area contributed by atoms with E-state index in [9.17, 15) is 0 Å². The largest absolute Gasteiger partial charge is 0.383 e. The quantitative estimate of drug-likeness (QED) is 0.863. The minimum atomic E-state index is 0.352. The van der Waals surface area contributed by atoms with Gasteiger partial charge in [0, 0.05) is 51.6 Å². The summed E-state index contributed by atoms with van der Waals surface area (Å²) in [5, 5.41) is 0. The van der Waals surface area contributed by atoms with Crippen LogP contribution in [0.2, 0.25) is 0 Å². The topological polar surface area (TPSA) is 41.7 Å². The van der Waals surface area contributed by atoms with Gasteiger partial charge in [-0.25, -0.2) is 0 Å². The molecule has 2 rings (SSSR count). The van der Waals surface area contributed by atoms with Crippen molar-refractivity contribution in [3.63, 3.8) is 0 Å². The third-order valence-corrected chi connectivity index (χ3v) is 3.83. The normalized spacial score (nSPS) is 18.6. The Bertz CT molecular complexity index is 389. The van der Waals surface area contributed by atoms with Crippen molar-refractivity contribution in [1.29, 1.82) is 0 Å². The first-order chi connectivity index (χ1) is 9.24. The van der Waals surface area contributed by atoms with Crippen molar-refractivity contribution in [2.75, 3.05) is 51.3 Å². The summed E-state index contributed by atoms with van der Waals surface area (Å²) in [5.74, 6) is 0. The molecule has 0 bridgehead atoms. The second-order valence-electron chi connectivity index (χ2n) is 5.21. The van der Waals surface area contributed by atoms with E-state index in [0.717, 1.165) is 32.8 Å². The molecular weight excluding hydrogens is 238 g/mol. The molecule has 1 aromatic rings. The molecule has 0 saturated carbocycles. The number of methoxy groups -OCH3 is 1. The van der Waals surface area contributed by atoms with E-state index in [0.29, 0.717) is 12.6 Å². The Hall–Kier alpha value is -1.10. The van der Waals surface area contributed by atoms with E-state index in [1.54, 1.807) is 7.11 Å². The SMILES string of the molecule is COCC(CN)N1CCN(c2cccc(C)c2)CC1. The van der Waals surface area contributed by atoms with Gasteiger partial charge in [0.2, 0.25) is 0 Å². The van der Waals surface area contributed by atoms with Gasteiger partial charge in [0.1, 0.15) is 0 Å². The highest BCUT2D eigenvalue weighted by atomic mass is 16.5. The second kappa shape index (κ2) is 6.89. The first-order valence-corrected chi connectivity index (χ1v) is 6.99. The summed E-state index contributed by atoms with van der Waals surface area (Å²) in [7, 11) is 1.74. The van der Waals surface area contributed by atoms with E-state index < -0.39 is 0 Å². The molecule has 106 valence electrons. The second-order valence-corrected chi connectivity index (χ2v) is 5.21. The molecule has 1 aliphatic heterocycles. The number of rotatable bonds is 5. The standard InChI is InChI=1S/C15H25N3O/c1-13-4-3-5-14(10-13)17-6-8-18(9-7-17)15(11-16)12-19-2/h3-5,10,15H,6-9,11-12,16H2,1-2H3. The Morgan fingerprint density at radius 3 is 2.58 bits per heavy atom. The number of aryl methyl sites for hydroxylation is 1. The molecule has 0 aliphatic carbocycles. The van der Waals surface area contributed by atoms with Crippen LogP contribution in [-0.2, 0) is 4.74 Å². The zero-order valence-electron chi connectivity index (χ0n) is 12.0. The van der Waals surface area contributed by atoms with Gasteiger partial charge in [-0.2, -0.15) is 0 Å². The number of nitrogens with two attached hydrogens (primary N) is 1. The molecule has 4 nitrogen and oxygen atoms in total. The number of piperazine rings is 1. The first-order valence-electron chi connectivity index (χ1n) is 6.99. The van der Waals surface area contributed by atoms with Crippen LogP contribution in [0.3, 0.4) is 0 Å². The molecule has 1 aromatic carbocycles. The molecule has 2 N–H and O–H groups in total. The molecule has 1 fully saturated rings. The van der Waals surface area contributed by atoms with Crippen molar-refractivity contribution in [2.24, 2.45) is 5.73 Å². The Morgan fingerprint density at radius 1 is 1.26 bits per heavy atom. The summed E-state index contributed by atoms with van der Waals surface area (Å²) < 4.78 is 5.24. The van der Waals surface area contributed by atoms with Gasteiger partial charge < -0.3 is 15.4 Å². The molecule has 0 aromatic heterocycles. The maximum Gasteiger partial charge on any atom is 0.0630 e. The molecule has 1 atom stereocenters. The number of benzene rings is 1. The first kappa shape index (κ1) is 14.3. The van der Waals surface area contributed by atoms with Crippen molar-refractivity contribution >= 4 is 5.69 Å². The third-order valence-electron chi connectivity index (χ3n) is 3.83. The minimum absolute atomic E-state index is 0.352. The lowest BCUT2D eigenvalue weighted by Gasteiger charge is -2.39. The van der Waals surface area contributed by atoms with Gasteiger partial charge in [0.15, 0.2) is 0 Å². The fourth-order valence-corrected chi connectivity index (χ4v) is 2.68. The van der Waals surface area contributed by atoms with Crippen LogP contribution in [0.4, 0.5) is 5.69 Å². The predicted octanol–water partition coefficient (Wildman–Crippen LogP) is 1.09. The van der Waals surface area contributed by atoms with Crippen LogP contribution in [0, 0.1) is 6.92 Å². The number of ether oxygens (including phenoxy) is 1. The van der Waals surface area contributed by atoms with Gasteiger partial charge in [0.05, 0.1) is 6.61 Å². The number of hydrogen-bond donors (Lipinski definition) is 1. The van der Waals surface area contributed by atoms with Crippen LogP contribution >= 0.6 is 0 Å². The highest BCUT2D eigenvalue weighted by Crippen LogP contribution is 2.18. The number of anilines is 1. The smallest absolute Gasteiger partial charge is 0.0630 e. The number of nitrogens with zero attached hydrogens (tertiary/aromatic N) is 2. The summed E-state index contributed by atoms with van der Waals surface area (Å²) in [6.45, 7) is 7.76. The Morgan fingerprint density at radius 2 is 2.00 bits per heavy atom. The average molecular weight is 263 g/mol. The van der Waals surface area contributed by atoms with E-state index in [1.165, 1.54) is 11.3 Å². The molecule has 1 unspecified atom stereocenters. The molecule has 0 amide bonds. The molecule has 1 aliphatic rings. The van der Waals surface area contributed by atoms with E-state index in [-0.39, 0.29) is 0 Å².